The molecular formula is C25H26N6O3. The fraction of sp³-hybridized carbons (Fsp3) is 0.160. The molecule has 9 nitrogen and oxygen atoms in total. The Morgan fingerprint density at radius 1 is 1.06 bits per heavy atom. The van der Waals surface area contributed by atoms with Gasteiger partial charge < -0.3 is 20.5 Å². The molecule has 4 aromatic rings. The molecule has 0 aliphatic carbocycles. The monoisotopic (exact) mass is 458 g/mol. The van der Waals surface area contributed by atoms with Crippen LogP contribution in [-0.4, -0.2) is 34.8 Å². The summed E-state index contributed by atoms with van der Waals surface area (Å²) in [6.07, 6.45) is 0. The van der Waals surface area contributed by atoms with Crippen LogP contribution in [0.25, 0.3) is 5.69 Å². The molecule has 34 heavy (non-hydrogen) atoms. The Hall–Kier alpha value is -4.53. The molecule has 0 saturated heterocycles. The summed E-state index contributed by atoms with van der Waals surface area (Å²) in [4.78, 5) is 15.8. The lowest BCUT2D eigenvalue weighted by Crippen LogP contribution is -2.16. The highest BCUT2D eigenvalue weighted by Crippen LogP contribution is 2.29. The van der Waals surface area contributed by atoms with Crippen molar-refractivity contribution >= 4 is 11.5 Å². The highest BCUT2D eigenvalue weighted by molar-refractivity contribution is 5.95. The third kappa shape index (κ3) is 4.49. The van der Waals surface area contributed by atoms with Crippen LogP contribution in [-0.2, 0) is 0 Å². The lowest BCUT2D eigenvalue weighted by atomic mass is 10.0. The average Bonchev–Trinajstić information content (AvgIpc) is 3.23. The molecule has 0 saturated carbocycles. The van der Waals surface area contributed by atoms with Crippen molar-refractivity contribution in [1.82, 2.24) is 14.8 Å². The average molecular weight is 459 g/mol. The number of para-hydroxylation sites is 2. The fourth-order valence-electron chi connectivity index (χ4n) is 3.74. The highest BCUT2D eigenvalue weighted by Gasteiger charge is 2.22. The summed E-state index contributed by atoms with van der Waals surface area (Å²) in [7, 11) is 3.17. The van der Waals surface area contributed by atoms with Crippen LogP contribution in [0, 0.1) is 12.3 Å². The Bertz CT molecular complexity index is 1370. The van der Waals surface area contributed by atoms with Gasteiger partial charge in [0.15, 0.2) is 5.82 Å². The van der Waals surface area contributed by atoms with Gasteiger partial charge >= 0.3 is 5.69 Å². The van der Waals surface area contributed by atoms with Gasteiger partial charge in [0.05, 0.1) is 14.2 Å². The first-order chi connectivity index (χ1) is 16.4. The van der Waals surface area contributed by atoms with Crippen LogP contribution in [0.4, 0.5) is 5.69 Å². The SMILES string of the molecule is COc1ccc(C(Nc2ccc(C(=N)N)cc2)c2nn(-c3ccccc3OC)c(=O)[nH]2)cc1C. The summed E-state index contributed by atoms with van der Waals surface area (Å²) in [6.45, 7) is 1.96. The fourth-order valence-corrected chi connectivity index (χ4v) is 3.74. The number of aromatic nitrogens is 3. The van der Waals surface area contributed by atoms with Crippen molar-refractivity contribution in [2.75, 3.05) is 19.5 Å². The number of hydrogen-bond acceptors (Lipinski definition) is 6. The zero-order valence-electron chi connectivity index (χ0n) is 19.1. The number of nitrogens with one attached hydrogen (secondary N) is 3. The van der Waals surface area contributed by atoms with E-state index in [1.807, 2.05) is 49.4 Å². The number of H-pyrrole nitrogens is 1. The maximum atomic E-state index is 12.9. The predicted molar refractivity (Wildman–Crippen MR) is 131 cm³/mol. The van der Waals surface area contributed by atoms with Crippen LogP contribution in [0.2, 0.25) is 0 Å². The molecule has 0 radical (unpaired) electrons. The molecule has 1 aromatic heterocycles. The summed E-state index contributed by atoms with van der Waals surface area (Å²) in [6, 6.07) is 19.7. The first-order valence-corrected chi connectivity index (χ1v) is 10.6. The molecule has 1 heterocycles. The van der Waals surface area contributed by atoms with E-state index in [1.54, 1.807) is 38.5 Å². The third-order valence-electron chi connectivity index (χ3n) is 5.48. The van der Waals surface area contributed by atoms with Gasteiger partial charge in [0.2, 0.25) is 0 Å². The van der Waals surface area contributed by atoms with Gasteiger partial charge in [0, 0.05) is 11.3 Å². The number of anilines is 1. The van der Waals surface area contributed by atoms with E-state index in [1.165, 1.54) is 4.68 Å². The van der Waals surface area contributed by atoms with E-state index in [-0.39, 0.29) is 11.5 Å². The second-order valence-corrected chi connectivity index (χ2v) is 7.70. The number of aryl methyl sites for hydroxylation is 1. The Morgan fingerprint density at radius 3 is 2.41 bits per heavy atom. The number of rotatable bonds is 8. The van der Waals surface area contributed by atoms with Crippen LogP contribution in [0.3, 0.4) is 0 Å². The first kappa shape index (κ1) is 22.7. The molecule has 0 bridgehead atoms. The molecule has 4 rings (SSSR count). The van der Waals surface area contributed by atoms with Crippen LogP contribution < -0.4 is 26.2 Å². The van der Waals surface area contributed by atoms with Crippen LogP contribution >= 0.6 is 0 Å². The van der Waals surface area contributed by atoms with Gasteiger partial charge in [-0.2, -0.15) is 4.68 Å². The minimum absolute atomic E-state index is 0.00578. The van der Waals surface area contributed by atoms with E-state index in [4.69, 9.17) is 20.6 Å². The van der Waals surface area contributed by atoms with Gasteiger partial charge in [0.1, 0.15) is 29.1 Å². The quantitative estimate of drug-likeness (QED) is 0.237. The molecule has 0 aliphatic heterocycles. The molecule has 1 atom stereocenters. The molecule has 1 unspecified atom stereocenters. The number of nitrogen functional groups attached to an aromatic ring is 1. The van der Waals surface area contributed by atoms with Crippen molar-refractivity contribution in [3.8, 4) is 17.2 Å². The summed E-state index contributed by atoms with van der Waals surface area (Å²) >= 11 is 0. The molecule has 0 amide bonds. The van der Waals surface area contributed by atoms with E-state index >= 15 is 0 Å². The molecule has 174 valence electrons. The summed E-state index contributed by atoms with van der Waals surface area (Å²) in [5, 5.41) is 15.6. The predicted octanol–water partition coefficient (Wildman–Crippen LogP) is 3.37. The van der Waals surface area contributed by atoms with Crippen molar-refractivity contribution in [3.05, 3.63) is 99.7 Å². The van der Waals surface area contributed by atoms with E-state index in [2.05, 4.69) is 15.4 Å². The molecule has 3 aromatic carbocycles. The molecule has 0 aliphatic rings. The molecule has 0 spiro atoms. The van der Waals surface area contributed by atoms with Crippen LogP contribution in [0.15, 0.2) is 71.5 Å². The van der Waals surface area contributed by atoms with Gasteiger partial charge in [-0.1, -0.05) is 18.2 Å². The zero-order valence-corrected chi connectivity index (χ0v) is 19.1. The number of nitrogens with zero attached hydrogens (tertiary/aromatic N) is 2. The van der Waals surface area contributed by atoms with Gasteiger partial charge in [-0.05, 0) is 66.6 Å². The summed E-state index contributed by atoms with van der Waals surface area (Å²) in [5.74, 6) is 1.72. The highest BCUT2D eigenvalue weighted by atomic mass is 16.5. The normalized spacial score (nSPS) is 11.6. The minimum atomic E-state index is -0.476. The Balaban J connectivity index is 1.79. The van der Waals surface area contributed by atoms with Crippen molar-refractivity contribution < 1.29 is 9.47 Å². The second-order valence-electron chi connectivity index (χ2n) is 7.70. The number of benzene rings is 3. The Labute approximate surface area is 196 Å². The second kappa shape index (κ2) is 9.53. The lowest BCUT2D eigenvalue weighted by Gasteiger charge is -2.19. The third-order valence-corrected chi connectivity index (χ3v) is 5.48. The van der Waals surface area contributed by atoms with Crippen molar-refractivity contribution in [2.45, 2.75) is 13.0 Å². The van der Waals surface area contributed by atoms with Gasteiger partial charge in [-0.3, -0.25) is 10.4 Å². The summed E-state index contributed by atoms with van der Waals surface area (Å²) < 4.78 is 12.1. The van der Waals surface area contributed by atoms with Gasteiger partial charge in [-0.15, -0.1) is 5.10 Å². The minimum Gasteiger partial charge on any atom is -0.496 e. The largest absolute Gasteiger partial charge is 0.496 e. The number of ether oxygens (including phenoxy) is 2. The smallest absolute Gasteiger partial charge is 0.348 e. The first-order valence-electron chi connectivity index (χ1n) is 10.6. The standard InChI is InChI=1S/C25H26N6O3/c1-15-14-17(10-13-20(15)33-2)22(28-18-11-8-16(9-12-18)23(26)27)24-29-25(32)31(30-24)19-6-4-5-7-21(19)34-3/h4-14,22,28H,1-3H3,(H3,26,27)(H,29,30,32). The number of methoxy groups -OCH3 is 2. The Morgan fingerprint density at radius 2 is 1.76 bits per heavy atom. The van der Waals surface area contributed by atoms with Crippen LogP contribution in [0.1, 0.15) is 28.6 Å². The Kier molecular flexibility index (Phi) is 6.35. The van der Waals surface area contributed by atoms with E-state index in [0.717, 1.165) is 22.6 Å². The number of aromatic amines is 1. The summed E-state index contributed by atoms with van der Waals surface area (Å²) in [5.41, 5.74) is 8.96. The number of hydrogen-bond donors (Lipinski definition) is 4. The van der Waals surface area contributed by atoms with Crippen molar-refractivity contribution in [2.24, 2.45) is 5.73 Å². The van der Waals surface area contributed by atoms with E-state index < -0.39 is 6.04 Å². The molecule has 5 N–H and O–H groups in total. The maximum Gasteiger partial charge on any atom is 0.348 e. The van der Waals surface area contributed by atoms with Gasteiger partial charge in [-0.25, -0.2) is 4.79 Å². The number of amidine groups is 1. The van der Waals surface area contributed by atoms with Crippen molar-refractivity contribution in [3.63, 3.8) is 0 Å². The van der Waals surface area contributed by atoms with E-state index in [9.17, 15) is 4.79 Å². The van der Waals surface area contributed by atoms with Crippen LogP contribution in [0.5, 0.6) is 11.5 Å². The van der Waals surface area contributed by atoms with Crippen molar-refractivity contribution in [1.29, 1.82) is 5.41 Å². The van der Waals surface area contributed by atoms with E-state index in [0.29, 0.717) is 22.8 Å². The maximum absolute atomic E-state index is 12.9. The number of nitrogens with two attached hydrogens (primary N) is 1. The lowest BCUT2D eigenvalue weighted by molar-refractivity contribution is 0.411. The molecule has 9 heteroatoms. The molecule has 0 fully saturated rings. The van der Waals surface area contributed by atoms with Gasteiger partial charge in [0.25, 0.3) is 0 Å². The topological polar surface area (TPSA) is 131 Å². The zero-order chi connectivity index (χ0) is 24.2. The molecular weight excluding hydrogens is 432 g/mol.